The number of ether oxygens (including phenoxy) is 3. The second kappa shape index (κ2) is 7.85. The molecule has 2 aromatic rings. The van der Waals surface area contributed by atoms with E-state index >= 15 is 0 Å². The van der Waals surface area contributed by atoms with E-state index in [1.54, 1.807) is 24.9 Å². The zero-order valence-corrected chi connectivity index (χ0v) is 18.2. The standard InChI is InChI=1S/C23H27N3O5/c1-23(2)10-14(28)19-17(11-23)31-22-20(21(24)26(7-8-27)12-25-22)18(19)13-5-6-15(29-3)16(9-13)30-4/h5-6,9,12,18,24,27H,7-8,10-11H2,1-4H3/t18-/m0/s1. The van der Waals surface area contributed by atoms with Crippen LogP contribution in [0.25, 0.3) is 0 Å². The van der Waals surface area contributed by atoms with Crippen molar-refractivity contribution in [3.63, 3.8) is 0 Å². The van der Waals surface area contributed by atoms with Crippen LogP contribution in [0, 0.1) is 10.8 Å². The molecule has 0 fully saturated rings. The van der Waals surface area contributed by atoms with E-state index in [0.29, 0.717) is 47.1 Å². The number of benzene rings is 1. The number of hydrogen-bond acceptors (Lipinski definition) is 7. The molecule has 1 aliphatic heterocycles. The monoisotopic (exact) mass is 425 g/mol. The number of fused-ring (bicyclic) bond motifs is 1. The molecular weight excluding hydrogens is 398 g/mol. The van der Waals surface area contributed by atoms with Gasteiger partial charge in [-0.1, -0.05) is 19.9 Å². The molecule has 0 amide bonds. The predicted molar refractivity (Wildman–Crippen MR) is 112 cm³/mol. The van der Waals surface area contributed by atoms with Crippen molar-refractivity contribution >= 4 is 5.78 Å². The quantitative estimate of drug-likeness (QED) is 0.763. The third kappa shape index (κ3) is 3.61. The van der Waals surface area contributed by atoms with Crippen LogP contribution in [0.1, 0.15) is 43.7 Å². The van der Waals surface area contributed by atoms with Gasteiger partial charge in [0, 0.05) is 25.0 Å². The summed E-state index contributed by atoms with van der Waals surface area (Å²) in [5.41, 5.74) is 1.80. The van der Waals surface area contributed by atoms with Crippen LogP contribution in [0.15, 0.2) is 35.9 Å². The van der Waals surface area contributed by atoms with Crippen molar-refractivity contribution in [3.05, 3.63) is 52.5 Å². The van der Waals surface area contributed by atoms with Crippen LogP contribution >= 0.6 is 0 Å². The maximum atomic E-state index is 13.3. The number of nitrogens with zero attached hydrogens (tertiary/aromatic N) is 2. The first-order chi connectivity index (χ1) is 14.8. The first-order valence-electron chi connectivity index (χ1n) is 10.2. The Balaban J connectivity index is 1.98. The molecule has 0 spiro atoms. The van der Waals surface area contributed by atoms with Crippen molar-refractivity contribution in [1.29, 1.82) is 5.41 Å². The number of aromatic nitrogens is 2. The summed E-state index contributed by atoms with van der Waals surface area (Å²) >= 11 is 0. The molecule has 164 valence electrons. The molecule has 1 aliphatic carbocycles. The number of ketones is 1. The Hall–Kier alpha value is -3.13. The van der Waals surface area contributed by atoms with E-state index in [0.717, 1.165) is 5.56 Å². The Bertz CT molecular complexity index is 1130. The van der Waals surface area contributed by atoms with E-state index in [2.05, 4.69) is 4.98 Å². The van der Waals surface area contributed by atoms with Crippen LogP contribution in [0.4, 0.5) is 0 Å². The number of aliphatic hydroxyl groups is 1. The molecule has 0 radical (unpaired) electrons. The lowest BCUT2D eigenvalue weighted by atomic mass is 9.70. The van der Waals surface area contributed by atoms with Gasteiger partial charge in [0.25, 0.3) is 0 Å². The first-order valence-corrected chi connectivity index (χ1v) is 10.2. The molecule has 1 aromatic heterocycles. The summed E-state index contributed by atoms with van der Waals surface area (Å²) in [5, 5.41) is 18.2. The van der Waals surface area contributed by atoms with Gasteiger partial charge in [-0.05, 0) is 23.1 Å². The molecule has 0 unspecified atom stereocenters. The van der Waals surface area contributed by atoms with Crippen LogP contribution in [-0.4, -0.2) is 41.3 Å². The average molecular weight is 425 g/mol. The van der Waals surface area contributed by atoms with Gasteiger partial charge in [0.1, 0.15) is 17.6 Å². The minimum Gasteiger partial charge on any atom is -0.493 e. The molecule has 1 atom stereocenters. The summed E-state index contributed by atoms with van der Waals surface area (Å²) in [6.45, 7) is 4.19. The van der Waals surface area contributed by atoms with E-state index in [9.17, 15) is 9.90 Å². The number of nitrogens with one attached hydrogen (secondary N) is 1. The van der Waals surface area contributed by atoms with E-state index in [-0.39, 0.29) is 29.8 Å². The molecule has 0 saturated carbocycles. The Morgan fingerprint density at radius 1 is 1.26 bits per heavy atom. The molecule has 8 nitrogen and oxygen atoms in total. The topological polar surface area (TPSA) is 107 Å². The lowest BCUT2D eigenvalue weighted by Gasteiger charge is -2.38. The van der Waals surface area contributed by atoms with Gasteiger partial charge in [-0.3, -0.25) is 10.2 Å². The Labute approximate surface area is 180 Å². The van der Waals surface area contributed by atoms with Crippen LogP contribution in [0.5, 0.6) is 17.4 Å². The zero-order valence-electron chi connectivity index (χ0n) is 18.2. The summed E-state index contributed by atoms with van der Waals surface area (Å²) in [5.74, 6) is 1.54. The summed E-state index contributed by atoms with van der Waals surface area (Å²) in [7, 11) is 3.13. The summed E-state index contributed by atoms with van der Waals surface area (Å²) in [6, 6.07) is 5.50. The molecule has 0 saturated heterocycles. The number of aliphatic hydroxyl groups excluding tert-OH is 1. The van der Waals surface area contributed by atoms with Crippen molar-refractivity contribution in [2.75, 3.05) is 20.8 Å². The number of methoxy groups -OCH3 is 2. The van der Waals surface area contributed by atoms with Gasteiger partial charge >= 0.3 is 0 Å². The fourth-order valence-corrected chi connectivity index (χ4v) is 4.44. The second-order valence-corrected chi connectivity index (χ2v) is 8.66. The first kappa shape index (κ1) is 21.1. The van der Waals surface area contributed by atoms with Crippen molar-refractivity contribution in [2.24, 2.45) is 5.41 Å². The largest absolute Gasteiger partial charge is 0.493 e. The highest BCUT2D eigenvalue weighted by molar-refractivity contribution is 6.00. The van der Waals surface area contributed by atoms with Crippen molar-refractivity contribution in [1.82, 2.24) is 9.55 Å². The molecule has 2 N–H and O–H groups in total. The molecule has 1 aromatic carbocycles. The fraction of sp³-hybridized carbons (Fsp3) is 0.435. The molecule has 2 heterocycles. The minimum atomic E-state index is -0.520. The highest BCUT2D eigenvalue weighted by Crippen LogP contribution is 2.49. The normalized spacial score (nSPS) is 19.4. The van der Waals surface area contributed by atoms with Gasteiger partial charge < -0.3 is 23.9 Å². The minimum absolute atomic E-state index is 0.00801. The highest BCUT2D eigenvalue weighted by Gasteiger charge is 2.43. The Morgan fingerprint density at radius 2 is 2.00 bits per heavy atom. The smallest absolute Gasteiger partial charge is 0.228 e. The lowest BCUT2D eigenvalue weighted by molar-refractivity contribution is -0.118. The highest BCUT2D eigenvalue weighted by atomic mass is 16.5. The molecule has 0 bridgehead atoms. The van der Waals surface area contributed by atoms with Gasteiger partial charge in [0.05, 0.1) is 32.3 Å². The third-order valence-electron chi connectivity index (χ3n) is 5.85. The number of carbonyl (C=O) groups excluding carboxylic acids is 1. The second-order valence-electron chi connectivity index (χ2n) is 8.66. The number of Topliss-reactive ketones (excluding diaryl/α,β-unsaturated/α-hetero) is 1. The van der Waals surface area contributed by atoms with Gasteiger partial charge in [0.2, 0.25) is 5.88 Å². The summed E-state index contributed by atoms with van der Waals surface area (Å²) in [6.07, 6.45) is 2.50. The Kier molecular flexibility index (Phi) is 5.35. The average Bonchev–Trinajstić information content (AvgIpc) is 2.73. The number of carbonyl (C=O) groups is 1. The van der Waals surface area contributed by atoms with E-state index in [1.807, 2.05) is 26.0 Å². The lowest BCUT2D eigenvalue weighted by Crippen LogP contribution is -2.37. The molecule has 8 heteroatoms. The van der Waals surface area contributed by atoms with Crippen LogP contribution < -0.4 is 19.7 Å². The van der Waals surface area contributed by atoms with E-state index < -0.39 is 5.92 Å². The number of hydrogen-bond donors (Lipinski definition) is 2. The molecule has 2 aliphatic rings. The number of allylic oxidation sites excluding steroid dienone is 2. The van der Waals surface area contributed by atoms with Crippen LogP contribution in [0.3, 0.4) is 0 Å². The van der Waals surface area contributed by atoms with E-state index in [4.69, 9.17) is 19.6 Å². The van der Waals surface area contributed by atoms with Crippen molar-refractivity contribution in [3.8, 4) is 17.4 Å². The number of rotatable bonds is 5. The molecular formula is C23H27N3O5. The van der Waals surface area contributed by atoms with Gasteiger partial charge in [-0.15, -0.1) is 0 Å². The molecule has 31 heavy (non-hydrogen) atoms. The van der Waals surface area contributed by atoms with Gasteiger partial charge in [0.15, 0.2) is 17.3 Å². The van der Waals surface area contributed by atoms with E-state index in [1.165, 1.54) is 6.33 Å². The van der Waals surface area contributed by atoms with Crippen LogP contribution in [-0.2, 0) is 11.3 Å². The molecule has 4 rings (SSSR count). The van der Waals surface area contributed by atoms with Gasteiger partial charge in [-0.25, -0.2) is 4.98 Å². The fourth-order valence-electron chi connectivity index (χ4n) is 4.44. The summed E-state index contributed by atoms with van der Waals surface area (Å²) in [4.78, 5) is 17.7. The third-order valence-corrected chi connectivity index (χ3v) is 5.85. The maximum absolute atomic E-state index is 13.3. The van der Waals surface area contributed by atoms with Crippen molar-refractivity contribution < 1.29 is 24.1 Å². The summed E-state index contributed by atoms with van der Waals surface area (Å²) < 4.78 is 18.5. The zero-order chi connectivity index (χ0) is 22.3. The SMILES string of the molecule is COc1ccc([C@H]2C3=C(CC(C)(C)CC3=O)Oc3ncn(CCO)c(=N)c32)cc1OC. The Morgan fingerprint density at radius 3 is 2.68 bits per heavy atom. The van der Waals surface area contributed by atoms with Crippen LogP contribution in [0.2, 0.25) is 0 Å². The van der Waals surface area contributed by atoms with Gasteiger partial charge in [-0.2, -0.15) is 0 Å². The predicted octanol–water partition coefficient (Wildman–Crippen LogP) is 2.54. The van der Waals surface area contributed by atoms with Crippen molar-refractivity contribution in [2.45, 2.75) is 39.2 Å². The maximum Gasteiger partial charge on any atom is 0.228 e.